The summed E-state index contributed by atoms with van der Waals surface area (Å²) in [4.78, 5) is 39.9. The topological polar surface area (TPSA) is 93.1 Å². The molecule has 0 spiro atoms. The van der Waals surface area contributed by atoms with E-state index in [1.807, 2.05) is 38.1 Å². The average molecular weight is 486 g/mol. The van der Waals surface area contributed by atoms with E-state index in [1.54, 1.807) is 36.4 Å². The van der Waals surface area contributed by atoms with Crippen LogP contribution in [0.1, 0.15) is 46.9 Å². The molecule has 1 unspecified atom stereocenters. The molecule has 1 atom stereocenters. The lowest BCUT2D eigenvalue weighted by Crippen LogP contribution is -2.29. The second kappa shape index (κ2) is 10.5. The van der Waals surface area contributed by atoms with Gasteiger partial charge in [-0.3, -0.25) is 14.5 Å². The van der Waals surface area contributed by atoms with Crippen molar-refractivity contribution in [3.63, 3.8) is 0 Å². The third-order valence-corrected chi connectivity index (χ3v) is 6.13. The molecule has 1 aliphatic heterocycles. The Morgan fingerprint density at radius 1 is 0.944 bits per heavy atom. The number of benzene rings is 3. The number of esters is 1. The highest BCUT2D eigenvalue weighted by atomic mass is 16.5. The summed E-state index contributed by atoms with van der Waals surface area (Å²) in [5.74, 6) is -1.82. The zero-order chi connectivity index (χ0) is 25.8. The molecular formula is C29H27NO6. The molecule has 7 nitrogen and oxygen atoms in total. The number of hydrogen-bond acceptors (Lipinski definition) is 6. The van der Waals surface area contributed by atoms with Crippen molar-refractivity contribution in [2.24, 2.45) is 0 Å². The van der Waals surface area contributed by atoms with Gasteiger partial charge in [0, 0.05) is 11.3 Å². The van der Waals surface area contributed by atoms with Gasteiger partial charge in [0.15, 0.2) is 0 Å². The van der Waals surface area contributed by atoms with Crippen LogP contribution in [-0.4, -0.2) is 36.5 Å². The summed E-state index contributed by atoms with van der Waals surface area (Å²) in [5.41, 5.74) is 2.85. The number of aryl methyl sites for hydroxylation is 1. The van der Waals surface area contributed by atoms with Crippen molar-refractivity contribution in [2.45, 2.75) is 26.3 Å². The minimum atomic E-state index is -0.865. The molecule has 1 N–H and O–H groups in total. The van der Waals surface area contributed by atoms with Gasteiger partial charge >= 0.3 is 5.97 Å². The first-order valence-electron chi connectivity index (χ1n) is 11.7. The number of amides is 1. The predicted octanol–water partition coefficient (Wildman–Crippen LogP) is 5.06. The number of carbonyl (C=O) groups excluding carboxylic acids is 3. The van der Waals surface area contributed by atoms with Crippen LogP contribution in [0.4, 0.5) is 5.69 Å². The van der Waals surface area contributed by atoms with Gasteiger partial charge < -0.3 is 14.6 Å². The molecular weight excluding hydrogens is 458 g/mol. The largest absolute Gasteiger partial charge is 0.507 e. The van der Waals surface area contributed by atoms with E-state index < -0.39 is 23.7 Å². The molecule has 3 aromatic rings. The fourth-order valence-corrected chi connectivity index (χ4v) is 4.28. The lowest BCUT2D eigenvalue weighted by molar-refractivity contribution is -0.132. The van der Waals surface area contributed by atoms with Crippen molar-refractivity contribution < 1.29 is 29.0 Å². The Kier molecular flexibility index (Phi) is 7.20. The van der Waals surface area contributed by atoms with Crippen LogP contribution in [0, 0.1) is 0 Å². The second-order valence-electron chi connectivity index (χ2n) is 8.26. The summed E-state index contributed by atoms with van der Waals surface area (Å²) in [6.07, 6.45) is 0.833. The van der Waals surface area contributed by atoms with Gasteiger partial charge in [-0.2, -0.15) is 0 Å². The number of hydrogen-bond donors (Lipinski definition) is 1. The molecule has 7 heteroatoms. The van der Waals surface area contributed by atoms with Gasteiger partial charge in [0.1, 0.15) is 11.5 Å². The van der Waals surface area contributed by atoms with E-state index in [-0.39, 0.29) is 11.3 Å². The standard InChI is InChI=1S/C29H27NO6/c1-4-18-9-11-19(12-10-18)25-24(26(31)21-7-6-8-23(17-21)36-5-2)27(32)28(33)30(25)22-15-13-20(14-16-22)29(34)35-3/h6-17,25,31H,4-5H2,1-3H3/b26-24+. The molecule has 0 aromatic heterocycles. The zero-order valence-corrected chi connectivity index (χ0v) is 20.4. The Labute approximate surface area is 209 Å². The van der Waals surface area contributed by atoms with E-state index in [2.05, 4.69) is 0 Å². The number of anilines is 1. The molecule has 1 aliphatic rings. The summed E-state index contributed by atoms with van der Waals surface area (Å²) in [5, 5.41) is 11.3. The lowest BCUT2D eigenvalue weighted by atomic mass is 9.94. The fourth-order valence-electron chi connectivity index (χ4n) is 4.28. The maximum Gasteiger partial charge on any atom is 0.337 e. The monoisotopic (exact) mass is 485 g/mol. The van der Waals surface area contributed by atoms with Crippen LogP contribution < -0.4 is 9.64 Å². The molecule has 0 radical (unpaired) electrons. The number of carbonyl (C=O) groups is 3. The summed E-state index contributed by atoms with van der Waals surface area (Å²) < 4.78 is 10.3. The van der Waals surface area contributed by atoms with Crippen LogP contribution in [-0.2, 0) is 20.7 Å². The normalized spacial score (nSPS) is 16.8. The highest BCUT2D eigenvalue weighted by Crippen LogP contribution is 2.42. The third-order valence-electron chi connectivity index (χ3n) is 6.13. The molecule has 3 aromatic carbocycles. The molecule has 184 valence electrons. The Morgan fingerprint density at radius 2 is 1.64 bits per heavy atom. The summed E-state index contributed by atoms with van der Waals surface area (Å²) in [6, 6.07) is 19.7. The highest BCUT2D eigenvalue weighted by Gasteiger charge is 2.47. The average Bonchev–Trinajstić information content (AvgIpc) is 3.18. The van der Waals surface area contributed by atoms with Gasteiger partial charge in [-0.05, 0) is 60.9 Å². The molecule has 36 heavy (non-hydrogen) atoms. The first kappa shape index (κ1) is 24.7. The van der Waals surface area contributed by atoms with Crippen molar-refractivity contribution in [2.75, 3.05) is 18.6 Å². The molecule has 0 aliphatic carbocycles. The van der Waals surface area contributed by atoms with E-state index in [1.165, 1.54) is 24.1 Å². The summed E-state index contributed by atoms with van der Waals surface area (Å²) in [7, 11) is 1.29. The summed E-state index contributed by atoms with van der Waals surface area (Å²) in [6.45, 7) is 4.33. The van der Waals surface area contributed by atoms with E-state index in [4.69, 9.17) is 9.47 Å². The van der Waals surface area contributed by atoms with E-state index in [0.29, 0.717) is 34.7 Å². The number of Topliss-reactive ketones (excluding diaryl/α,β-unsaturated/α-hetero) is 1. The second-order valence-corrected chi connectivity index (χ2v) is 8.26. The van der Waals surface area contributed by atoms with Crippen LogP contribution in [0.25, 0.3) is 5.76 Å². The van der Waals surface area contributed by atoms with Gasteiger partial charge in [0.05, 0.1) is 30.9 Å². The van der Waals surface area contributed by atoms with Crippen LogP contribution in [0.5, 0.6) is 5.75 Å². The Hall–Kier alpha value is -4.39. The fraction of sp³-hybridized carbons (Fsp3) is 0.207. The van der Waals surface area contributed by atoms with E-state index in [0.717, 1.165) is 12.0 Å². The maximum atomic E-state index is 13.3. The van der Waals surface area contributed by atoms with E-state index >= 15 is 0 Å². The van der Waals surface area contributed by atoms with Crippen molar-refractivity contribution in [1.82, 2.24) is 0 Å². The third kappa shape index (κ3) is 4.60. The molecule has 0 bridgehead atoms. The predicted molar refractivity (Wildman–Crippen MR) is 136 cm³/mol. The Bertz CT molecular complexity index is 1320. The van der Waals surface area contributed by atoms with Gasteiger partial charge in [0.2, 0.25) is 0 Å². The molecule has 1 saturated heterocycles. The summed E-state index contributed by atoms with van der Waals surface area (Å²) >= 11 is 0. The quantitative estimate of drug-likeness (QED) is 0.218. The lowest BCUT2D eigenvalue weighted by Gasteiger charge is -2.25. The Morgan fingerprint density at radius 3 is 2.25 bits per heavy atom. The van der Waals surface area contributed by atoms with Gasteiger partial charge in [-0.1, -0.05) is 43.3 Å². The first-order valence-corrected chi connectivity index (χ1v) is 11.7. The molecule has 1 heterocycles. The number of methoxy groups -OCH3 is 1. The minimum Gasteiger partial charge on any atom is -0.507 e. The molecule has 0 saturated carbocycles. The van der Waals surface area contributed by atoms with Crippen molar-refractivity contribution >= 4 is 29.1 Å². The first-order chi connectivity index (χ1) is 17.4. The number of rotatable bonds is 7. The Balaban J connectivity index is 1.88. The van der Waals surface area contributed by atoms with Crippen LogP contribution in [0.15, 0.2) is 78.4 Å². The van der Waals surface area contributed by atoms with Gasteiger partial charge in [0.25, 0.3) is 11.7 Å². The highest BCUT2D eigenvalue weighted by molar-refractivity contribution is 6.51. The number of nitrogens with zero attached hydrogens (tertiary/aromatic N) is 1. The van der Waals surface area contributed by atoms with Crippen LogP contribution in [0.3, 0.4) is 0 Å². The minimum absolute atomic E-state index is 0.0186. The molecule has 1 amide bonds. The number of ether oxygens (including phenoxy) is 2. The number of aliphatic hydroxyl groups excluding tert-OH is 1. The van der Waals surface area contributed by atoms with E-state index in [9.17, 15) is 19.5 Å². The maximum absolute atomic E-state index is 13.3. The van der Waals surface area contributed by atoms with Crippen molar-refractivity contribution in [3.05, 3.63) is 101 Å². The van der Waals surface area contributed by atoms with Crippen LogP contribution in [0.2, 0.25) is 0 Å². The van der Waals surface area contributed by atoms with Gasteiger partial charge in [-0.15, -0.1) is 0 Å². The zero-order valence-electron chi connectivity index (χ0n) is 20.4. The van der Waals surface area contributed by atoms with Crippen molar-refractivity contribution in [1.29, 1.82) is 0 Å². The van der Waals surface area contributed by atoms with Gasteiger partial charge in [-0.25, -0.2) is 4.79 Å². The number of aliphatic hydroxyl groups is 1. The SMILES string of the molecule is CCOc1cccc(/C(O)=C2\C(=O)C(=O)N(c3ccc(C(=O)OC)cc3)C2c2ccc(CC)cc2)c1. The molecule has 1 fully saturated rings. The smallest absolute Gasteiger partial charge is 0.337 e. The van der Waals surface area contributed by atoms with Crippen molar-refractivity contribution in [3.8, 4) is 5.75 Å². The number of ketones is 1. The van der Waals surface area contributed by atoms with Crippen LogP contribution >= 0.6 is 0 Å². The molecule has 4 rings (SSSR count).